The van der Waals surface area contributed by atoms with Crippen molar-refractivity contribution in [2.24, 2.45) is 12.5 Å². The fraction of sp³-hybridized carbons (Fsp3) is 0.846. The molecule has 0 amide bonds. The van der Waals surface area contributed by atoms with E-state index in [1.807, 2.05) is 11.7 Å². The maximum Gasteiger partial charge on any atom is 0.138 e. The van der Waals surface area contributed by atoms with E-state index in [-0.39, 0.29) is 0 Å². The van der Waals surface area contributed by atoms with Crippen molar-refractivity contribution in [1.29, 1.82) is 0 Å². The molecule has 1 N–H and O–H groups in total. The third kappa shape index (κ3) is 4.46. The summed E-state index contributed by atoms with van der Waals surface area (Å²) in [4.78, 5) is 4.25. The van der Waals surface area contributed by atoms with Crippen molar-refractivity contribution in [2.45, 2.75) is 53.0 Å². The summed E-state index contributed by atoms with van der Waals surface area (Å²) in [5, 5.41) is 7.66. The Bertz CT molecular complexity index is 324. The second kappa shape index (κ2) is 6.15. The summed E-state index contributed by atoms with van der Waals surface area (Å²) in [6.45, 7) is 10.1. The highest BCUT2D eigenvalue weighted by Gasteiger charge is 2.23. The summed E-state index contributed by atoms with van der Waals surface area (Å²) in [7, 11) is 1.95. The number of hydrogen-bond donors (Lipinski definition) is 1. The zero-order valence-electron chi connectivity index (χ0n) is 11.8. The van der Waals surface area contributed by atoms with Crippen molar-refractivity contribution >= 4 is 0 Å². The molecule has 17 heavy (non-hydrogen) atoms. The van der Waals surface area contributed by atoms with Gasteiger partial charge in [-0.2, -0.15) is 5.10 Å². The van der Waals surface area contributed by atoms with Gasteiger partial charge in [-0.15, -0.1) is 0 Å². The Morgan fingerprint density at radius 3 is 2.59 bits per heavy atom. The van der Waals surface area contributed by atoms with Crippen molar-refractivity contribution in [2.75, 3.05) is 6.54 Å². The van der Waals surface area contributed by atoms with E-state index < -0.39 is 0 Å². The molecule has 1 unspecified atom stereocenters. The molecule has 0 aliphatic rings. The van der Waals surface area contributed by atoms with Crippen LogP contribution in [0.1, 0.15) is 46.4 Å². The first-order valence-electron chi connectivity index (χ1n) is 6.51. The molecule has 1 aromatic heterocycles. The van der Waals surface area contributed by atoms with Crippen LogP contribution in [-0.4, -0.2) is 27.4 Å². The van der Waals surface area contributed by atoms with Crippen LogP contribution in [0, 0.1) is 5.41 Å². The lowest BCUT2D eigenvalue weighted by Crippen LogP contribution is -2.40. The van der Waals surface area contributed by atoms with Gasteiger partial charge in [0.15, 0.2) is 0 Å². The summed E-state index contributed by atoms with van der Waals surface area (Å²) in [6, 6.07) is 0.570. The van der Waals surface area contributed by atoms with Crippen LogP contribution in [0.15, 0.2) is 6.33 Å². The lowest BCUT2D eigenvalue weighted by atomic mass is 9.83. The van der Waals surface area contributed by atoms with Crippen molar-refractivity contribution < 1.29 is 0 Å². The standard InChI is InChI=1S/C13H26N4/c1-6-14-11(13(2,3)4)8-7-9-12-15-10-16-17(12)5/h10-11,14H,6-9H2,1-5H3. The second-order valence-electron chi connectivity index (χ2n) is 5.67. The van der Waals surface area contributed by atoms with Gasteiger partial charge in [0.05, 0.1) is 0 Å². The Morgan fingerprint density at radius 2 is 2.12 bits per heavy atom. The van der Waals surface area contributed by atoms with Gasteiger partial charge in [0.25, 0.3) is 0 Å². The summed E-state index contributed by atoms with van der Waals surface area (Å²) in [6.07, 6.45) is 4.97. The number of aromatic nitrogens is 3. The van der Waals surface area contributed by atoms with Gasteiger partial charge in [0, 0.05) is 19.5 Å². The molecule has 0 aliphatic heterocycles. The van der Waals surface area contributed by atoms with Gasteiger partial charge >= 0.3 is 0 Å². The van der Waals surface area contributed by atoms with Gasteiger partial charge in [-0.3, -0.25) is 4.68 Å². The molecular formula is C13H26N4. The summed E-state index contributed by atoms with van der Waals surface area (Å²) in [5.74, 6) is 1.08. The maximum absolute atomic E-state index is 4.25. The molecule has 0 bridgehead atoms. The van der Waals surface area contributed by atoms with Gasteiger partial charge in [0.1, 0.15) is 12.2 Å². The lowest BCUT2D eigenvalue weighted by molar-refractivity contribution is 0.254. The zero-order chi connectivity index (χ0) is 12.9. The Kier molecular flexibility index (Phi) is 5.12. The first kappa shape index (κ1) is 14.2. The van der Waals surface area contributed by atoms with Gasteiger partial charge in [-0.25, -0.2) is 4.98 Å². The molecule has 0 fully saturated rings. The third-order valence-electron chi connectivity index (χ3n) is 3.19. The fourth-order valence-electron chi connectivity index (χ4n) is 2.10. The fourth-order valence-corrected chi connectivity index (χ4v) is 2.10. The number of hydrogen-bond acceptors (Lipinski definition) is 3. The van der Waals surface area contributed by atoms with Crippen molar-refractivity contribution in [1.82, 2.24) is 20.1 Å². The molecule has 98 valence electrons. The quantitative estimate of drug-likeness (QED) is 0.826. The molecule has 0 radical (unpaired) electrons. The molecule has 1 atom stereocenters. The van der Waals surface area contributed by atoms with Gasteiger partial charge < -0.3 is 5.32 Å². The maximum atomic E-state index is 4.25. The van der Waals surface area contributed by atoms with E-state index in [9.17, 15) is 0 Å². The number of aryl methyl sites for hydroxylation is 2. The number of nitrogens with one attached hydrogen (secondary N) is 1. The van der Waals surface area contributed by atoms with Gasteiger partial charge in [-0.05, 0) is 24.8 Å². The van der Waals surface area contributed by atoms with E-state index in [1.54, 1.807) is 6.33 Å². The predicted molar refractivity (Wildman–Crippen MR) is 70.9 cm³/mol. The molecule has 4 nitrogen and oxygen atoms in total. The molecule has 1 aromatic rings. The molecule has 1 heterocycles. The largest absolute Gasteiger partial charge is 0.314 e. The molecule has 1 rings (SSSR count). The molecule has 4 heteroatoms. The minimum Gasteiger partial charge on any atom is -0.314 e. The van der Waals surface area contributed by atoms with E-state index in [1.165, 1.54) is 6.42 Å². The van der Waals surface area contributed by atoms with Crippen LogP contribution >= 0.6 is 0 Å². The molecular weight excluding hydrogens is 212 g/mol. The molecule has 0 spiro atoms. The second-order valence-corrected chi connectivity index (χ2v) is 5.67. The first-order valence-corrected chi connectivity index (χ1v) is 6.51. The van der Waals surface area contributed by atoms with Crippen LogP contribution < -0.4 is 5.32 Å². The Labute approximate surface area is 105 Å². The highest BCUT2D eigenvalue weighted by Crippen LogP contribution is 2.23. The highest BCUT2D eigenvalue weighted by molar-refractivity contribution is 4.86. The van der Waals surface area contributed by atoms with Crippen LogP contribution in [0.25, 0.3) is 0 Å². The van der Waals surface area contributed by atoms with Crippen LogP contribution in [0.4, 0.5) is 0 Å². The topological polar surface area (TPSA) is 42.7 Å². The zero-order valence-corrected chi connectivity index (χ0v) is 11.8. The van der Waals surface area contributed by atoms with Crippen molar-refractivity contribution in [3.05, 3.63) is 12.2 Å². The first-order chi connectivity index (χ1) is 7.95. The Balaban J connectivity index is 2.40. The van der Waals surface area contributed by atoms with Crippen molar-refractivity contribution in [3.8, 4) is 0 Å². The van der Waals surface area contributed by atoms with Crippen molar-refractivity contribution in [3.63, 3.8) is 0 Å². The molecule has 0 saturated carbocycles. The average Bonchev–Trinajstić information content (AvgIpc) is 2.62. The van der Waals surface area contributed by atoms with E-state index in [0.717, 1.165) is 25.2 Å². The van der Waals surface area contributed by atoms with Crippen LogP contribution in [0.2, 0.25) is 0 Å². The summed E-state index contributed by atoms with van der Waals surface area (Å²) in [5.41, 5.74) is 0.315. The monoisotopic (exact) mass is 238 g/mol. The molecule has 0 saturated heterocycles. The van der Waals surface area contributed by atoms with Crippen LogP contribution in [-0.2, 0) is 13.5 Å². The van der Waals surface area contributed by atoms with E-state index in [0.29, 0.717) is 11.5 Å². The predicted octanol–water partition coefficient (Wildman–Crippen LogP) is 2.16. The Morgan fingerprint density at radius 1 is 1.41 bits per heavy atom. The highest BCUT2D eigenvalue weighted by atomic mass is 15.3. The smallest absolute Gasteiger partial charge is 0.138 e. The molecule has 0 aliphatic carbocycles. The van der Waals surface area contributed by atoms with E-state index in [4.69, 9.17) is 0 Å². The lowest BCUT2D eigenvalue weighted by Gasteiger charge is -2.31. The normalized spacial score (nSPS) is 13.9. The Hall–Kier alpha value is -0.900. The summed E-state index contributed by atoms with van der Waals surface area (Å²) >= 11 is 0. The summed E-state index contributed by atoms with van der Waals surface area (Å²) < 4.78 is 1.86. The minimum atomic E-state index is 0.315. The third-order valence-corrected chi connectivity index (χ3v) is 3.19. The number of nitrogens with zero attached hydrogens (tertiary/aromatic N) is 3. The van der Waals surface area contributed by atoms with Crippen LogP contribution in [0.3, 0.4) is 0 Å². The van der Waals surface area contributed by atoms with E-state index >= 15 is 0 Å². The number of rotatable bonds is 6. The van der Waals surface area contributed by atoms with Gasteiger partial charge in [-0.1, -0.05) is 27.7 Å². The SMILES string of the molecule is CCNC(CCCc1ncnn1C)C(C)(C)C. The average molecular weight is 238 g/mol. The minimum absolute atomic E-state index is 0.315. The van der Waals surface area contributed by atoms with E-state index in [2.05, 4.69) is 43.1 Å². The van der Waals surface area contributed by atoms with Gasteiger partial charge in [0.2, 0.25) is 0 Å². The van der Waals surface area contributed by atoms with Crippen LogP contribution in [0.5, 0.6) is 0 Å². The molecule has 0 aromatic carbocycles.